The molecule has 0 saturated heterocycles. The highest BCUT2D eigenvalue weighted by molar-refractivity contribution is 9.10. The molecule has 0 radical (unpaired) electrons. The summed E-state index contributed by atoms with van der Waals surface area (Å²) >= 11 is 9.38. The first kappa shape index (κ1) is 18.0. The van der Waals surface area contributed by atoms with Crippen molar-refractivity contribution in [2.24, 2.45) is 0 Å². The molecule has 0 aliphatic rings. The van der Waals surface area contributed by atoms with E-state index in [4.69, 9.17) is 16.3 Å². The molecule has 3 rings (SSSR count). The van der Waals surface area contributed by atoms with Crippen LogP contribution in [-0.2, 0) is 0 Å². The third kappa shape index (κ3) is 5.11. The third-order valence-corrected chi connectivity index (χ3v) is 4.05. The Hall–Kier alpha value is -2.77. The normalized spacial score (nSPS) is 10.1. The predicted molar refractivity (Wildman–Crippen MR) is 106 cm³/mol. The quantitative estimate of drug-likeness (QED) is 0.468. The van der Waals surface area contributed by atoms with Crippen molar-refractivity contribution in [3.8, 4) is 11.5 Å². The summed E-state index contributed by atoms with van der Waals surface area (Å²) in [5.41, 5.74) is 6.55. The lowest BCUT2D eigenvalue weighted by Crippen LogP contribution is -2.33. The molecule has 0 fully saturated rings. The fraction of sp³-hybridized carbons (Fsp3) is 0. The molecule has 3 N–H and O–H groups in total. The number of hydrazine groups is 1. The van der Waals surface area contributed by atoms with Gasteiger partial charge in [0.15, 0.2) is 0 Å². The van der Waals surface area contributed by atoms with Crippen LogP contribution >= 0.6 is 27.5 Å². The van der Waals surface area contributed by atoms with Crippen LogP contribution in [0.25, 0.3) is 0 Å². The van der Waals surface area contributed by atoms with E-state index in [1.165, 1.54) is 0 Å². The maximum Gasteiger partial charge on any atom is 0.337 e. The van der Waals surface area contributed by atoms with Gasteiger partial charge in [0.05, 0.1) is 16.4 Å². The van der Waals surface area contributed by atoms with Crippen molar-refractivity contribution in [1.29, 1.82) is 0 Å². The molecule has 0 aliphatic heterocycles. The largest absolute Gasteiger partial charge is 0.457 e. The molecular weight excluding hydrogens is 420 g/mol. The summed E-state index contributed by atoms with van der Waals surface area (Å²) in [5.74, 6) is 1.37. The van der Waals surface area contributed by atoms with Gasteiger partial charge in [-0.25, -0.2) is 4.79 Å². The van der Waals surface area contributed by atoms with Gasteiger partial charge in [-0.05, 0) is 54.6 Å². The summed E-state index contributed by atoms with van der Waals surface area (Å²) in [6.07, 6.45) is 3.32. The monoisotopic (exact) mass is 432 g/mol. The highest BCUT2D eigenvalue weighted by atomic mass is 79.9. The van der Waals surface area contributed by atoms with Crippen LogP contribution in [0.15, 0.2) is 71.5 Å². The summed E-state index contributed by atoms with van der Waals surface area (Å²) in [5, 5.41) is 3.09. The number of halogens is 2. The average molecular weight is 434 g/mol. The second kappa shape index (κ2) is 8.55. The van der Waals surface area contributed by atoms with Gasteiger partial charge >= 0.3 is 6.03 Å². The Balaban J connectivity index is 1.52. The molecule has 6 nitrogen and oxygen atoms in total. The predicted octanol–water partition coefficient (Wildman–Crippen LogP) is 5.44. The fourth-order valence-electron chi connectivity index (χ4n) is 2.02. The molecule has 0 saturated carbocycles. The second-order valence-corrected chi connectivity index (χ2v) is 6.46. The van der Waals surface area contributed by atoms with Crippen LogP contribution in [0.3, 0.4) is 0 Å². The minimum atomic E-state index is -0.439. The van der Waals surface area contributed by atoms with Gasteiger partial charge in [0, 0.05) is 16.9 Å². The Bertz CT molecular complexity index is 891. The molecule has 1 aromatic heterocycles. The minimum Gasteiger partial charge on any atom is -0.457 e. The van der Waals surface area contributed by atoms with E-state index in [9.17, 15) is 4.79 Å². The van der Waals surface area contributed by atoms with Crippen molar-refractivity contribution < 1.29 is 9.53 Å². The highest BCUT2D eigenvalue weighted by Gasteiger charge is 2.06. The SMILES string of the molecule is O=C(NNc1ccc(Oc2ccncc2)cc1)Nc1ccc(Br)cc1Cl. The topological polar surface area (TPSA) is 75.3 Å². The van der Waals surface area contributed by atoms with Crippen LogP contribution in [0.4, 0.5) is 16.2 Å². The van der Waals surface area contributed by atoms with Gasteiger partial charge in [-0.2, -0.15) is 0 Å². The van der Waals surface area contributed by atoms with Crippen LogP contribution < -0.4 is 20.9 Å². The zero-order chi connectivity index (χ0) is 18.4. The number of benzene rings is 2. The third-order valence-electron chi connectivity index (χ3n) is 3.24. The van der Waals surface area contributed by atoms with Crippen molar-refractivity contribution in [3.63, 3.8) is 0 Å². The lowest BCUT2D eigenvalue weighted by molar-refractivity contribution is 0.254. The molecular formula is C18H14BrClN4O2. The maximum atomic E-state index is 11.9. The van der Waals surface area contributed by atoms with Gasteiger partial charge in [-0.15, -0.1) is 0 Å². The zero-order valence-corrected chi connectivity index (χ0v) is 15.7. The summed E-state index contributed by atoms with van der Waals surface area (Å²) in [6.45, 7) is 0. The Morgan fingerprint density at radius 2 is 1.69 bits per heavy atom. The van der Waals surface area contributed by atoms with Crippen molar-refractivity contribution in [3.05, 3.63) is 76.5 Å². The van der Waals surface area contributed by atoms with Crippen molar-refractivity contribution in [1.82, 2.24) is 10.4 Å². The van der Waals surface area contributed by atoms with E-state index in [0.29, 0.717) is 27.9 Å². The van der Waals surface area contributed by atoms with Crippen LogP contribution in [0, 0.1) is 0 Å². The molecule has 26 heavy (non-hydrogen) atoms. The number of urea groups is 1. The summed E-state index contributed by atoms with van der Waals surface area (Å²) in [7, 11) is 0. The number of anilines is 2. The Kier molecular flexibility index (Phi) is 5.93. The van der Waals surface area contributed by atoms with Gasteiger partial charge in [-0.3, -0.25) is 15.8 Å². The maximum absolute atomic E-state index is 11.9. The number of hydrogen-bond acceptors (Lipinski definition) is 4. The van der Waals surface area contributed by atoms with E-state index in [1.54, 1.807) is 67.0 Å². The van der Waals surface area contributed by atoms with Crippen molar-refractivity contribution in [2.75, 3.05) is 10.7 Å². The molecule has 0 bridgehead atoms. The molecule has 0 aliphatic carbocycles. The van der Waals surface area contributed by atoms with E-state index in [-0.39, 0.29) is 0 Å². The van der Waals surface area contributed by atoms with Crippen LogP contribution in [0.1, 0.15) is 0 Å². The highest BCUT2D eigenvalue weighted by Crippen LogP contribution is 2.25. The van der Waals surface area contributed by atoms with E-state index in [1.807, 2.05) is 0 Å². The number of hydrogen-bond donors (Lipinski definition) is 3. The molecule has 0 atom stereocenters. The number of nitrogens with zero attached hydrogens (tertiary/aromatic N) is 1. The smallest absolute Gasteiger partial charge is 0.337 e. The molecule has 8 heteroatoms. The molecule has 1 heterocycles. The first-order valence-corrected chi connectivity index (χ1v) is 8.73. The second-order valence-electron chi connectivity index (χ2n) is 5.14. The summed E-state index contributed by atoms with van der Waals surface area (Å²) < 4.78 is 6.51. The first-order valence-electron chi connectivity index (χ1n) is 7.56. The number of rotatable bonds is 5. The Morgan fingerprint density at radius 1 is 1.00 bits per heavy atom. The van der Waals surface area contributed by atoms with Crippen molar-refractivity contribution in [2.45, 2.75) is 0 Å². The van der Waals surface area contributed by atoms with E-state index in [2.05, 4.69) is 37.1 Å². The lowest BCUT2D eigenvalue weighted by Gasteiger charge is -2.12. The molecule has 0 unspecified atom stereocenters. The average Bonchev–Trinajstić information content (AvgIpc) is 2.64. The molecule has 132 valence electrons. The number of aromatic nitrogens is 1. The van der Waals surface area contributed by atoms with E-state index < -0.39 is 6.03 Å². The minimum absolute atomic E-state index is 0.437. The molecule has 2 aromatic carbocycles. The Labute approximate surface area is 163 Å². The van der Waals surface area contributed by atoms with Gasteiger partial charge < -0.3 is 10.1 Å². The molecule has 0 spiro atoms. The van der Waals surface area contributed by atoms with E-state index in [0.717, 1.165) is 4.47 Å². The standard InChI is InChI=1S/C18H14BrClN4O2/c19-12-1-6-17(16(20)11-12)22-18(25)24-23-13-2-4-14(5-3-13)26-15-7-9-21-10-8-15/h1-11,23H,(H2,22,24,25). The molecule has 2 amide bonds. The van der Waals surface area contributed by atoms with Crippen LogP contribution in [0.2, 0.25) is 5.02 Å². The number of carbonyl (C=O) groups excluding carboxylic acids is 1. The first-order chi connectivity index (χ1) is 12.6. The number of carbonyl (C=O) groups is 1. The van der Waals surface area contributed by atoms with Crippen LogP contribution in [0.5, 0.6) is 11.5 Å². The number of nitrogens with one attached hydrogen (secondary N) is 3. The van der Waals surface area contributed by atoms with Gasteiger partial charge in [0.25, 0.3) is 0 Å². The van der Waals surface area contributed by atoms with Gasteiger partial charge in [0.1, 0.15) is 11.5 Å². The number of pyridine rings is 1. The number of amides is 2. The number of ether oxygens (including phenoxy) is 1. The molecule has 3 aromatic rings. The fourth-order valence-corrected chi connectivity index (χ4v) is 2.74. The Morgan fingerprint density at radius 3 is 2.38 bits per heavy atom. The zero-order valence-electron chi connectivity index (χ0n) is 13.4. The summed E-state index contributed by atoms with van der Waals surface area (Å²) in [6, 6.07) is 15.4. The van der Waals surface area contributed by atoms with Crippen molar-refractivity contribution >= 4 is 44.9 Å². The lowest BCUT2D eigenvalue weighted by atomic mass is 10.3. The van der Waals surface area contributed by atoms with Gasteiger partial charge in [-0.1, -0.05) is 27.5 Å². The van der Waals surface area contributed by atoms with Crippen LogP contribution in [-0.4, -0.2) is 11.0 Å². The van der Waals surface area contributed by atoms with E-state index >= 15 is 0 Å². The van der Waals surface area contributed by atoms with Gasteiger partial charge in [0.2, 0.25) is 0 Å². The summed E-state index contributed by atoms with van der Waals surface area (Å²) in [4.78, 5) is 15.9.